The Morgan fingerprint density at radius 2 is 1.28 bits per heavy atom. The zero-order valence-electron chi connectivity index (χ0n) is 26.6. The normalized spacial score (nSPS) is 12.0. The van der Waals surface area contributed by atoms with Crippen LogP contribution in [0.15, 0.2) is 125 Å². The first-order chi connectivity index (χ1) is 22.8. The second kappa shape index (κ2) is 14.9. The van der Waals surface area contributed by atoms with E-state index in [-0.39, 0.29) is 30.9 Å². The Labute approximate surface area is 273 Å². The number of carbonyl (C=O) groups is 1. The second-order valence-corrected chi connectivity index (χ2v) is 10.9. The molecule has 0 amide bonds. The van der Waals surface area contributed by atoms with Crippen LogP contribution in [0.25, 0.3) is 0 Å². The number of aromatic nitrogens is 2. The van der Waals surface area contributed by atoms with Crippen molar-refractivity contribution in [3.63, 3.8) is 0 Å². The number of hydrogen-bond acceptors (Lipinski definition) is 7. The van der Waals surface area contributed by atoms with E-state index in [0.29, 0.717) is 16.1 Å². The van der Waals surface area contributed by atoms with Gasteiger partial charge in [-0.15, -0.1) is 0 Å². The van der Waals surface area contributed by atoms with Gasteiger partial charge in [-0.2, -0.15) is 4.57 Å². The third-order valence-electron chi connectivity index (χ3n) is 7.90. The van der Waals surface area contributed by atoms with Gasteiger partial charge in [-0.25, -0.2) is 4.79 Å². The van der Waals surface area contributed by atoms with E-state index in [1.165, 1.54) is 10.8 Å². The molecule has 0 aliphatic heterocycles. The van der Waals surface area contributed by atoms with E-state index < -0.39 is 28.9 Å². The molecule has 5 rings (SSSR count). The molecule has 1 heterocycles. The Bertz CT molecular complexity index is 1850. The molecule has 241 valence electrons. The van der Waals surface area contributed by atoms with Gasteiger partial charge in [0.2, 0.25) is 0 Å². The summed E-state index contributed by atoms with van der Waals surface area (Å²) in [7, 11) is 3.24. The molecule has 0 fully saturated rings. The summed E-state index contributed by atoms with van der Waals surface area (Å²) in [5.41, 5.74) is 0.704. The maximum atomic E-state index is 13.2. The predicted molar refractivity (Wildman–Crippen MR) is 179 cm³/mol. The van der Waals surface area contributed by atoms with E-state index >= 15 is 0 Å². The highest BCUT2D eigenvalue weighted by atomic mass is 16.5. The standard InChI is InChI=1S/C38H37N2O7/c1-27-25-39(37(43)40(35(27)41)36(42)29-11-7-5-8-12-29)23-24-46-28(2)26-47-38(30-13-9-6-10-14-30,31-15-19-33(44-3)20-16-31)32-17-21-34(45-4)22-18-32/h5-22,25,28H,2,23-24,26H2,1,3-4H3/t28-/m1/s1. The summed E-state index contributed by atoms with van der Waals surface area (Å²) in [6.45, 7) is 5.99. The van der Waals surface area contributed by atoms with Gasteiger partial charge in [0, 0.05) is 17.3 Å². The van der Waals surface area contributed by atoms with Crippen LogP contribution < -0.4 is 20.7 Å². The zero-order chi connectivity index (χ0) is 33.4. The SMILES string of the molecule is [CH2][C@H](COC(c1ccccc1)(c1ccc(OC)cc1)c1ccc(OC)cc1)OCCn1cc(C)c(=O)n(C(=O)c2ccccc2)c1=O. The molecule has 0 saturated carbocycles. The molecule has 1 atom stereocenters. The molecule has 0 unspecified atom stereocenters. The lowest BCUT2D eigenvalue weighted by molar-refractivity contribution is -0.0508. The summed E-state index contributed by atoms with van der Waals surface area (Å²) >= 11 is 0. The lowest BCUT2D eigenvalue weighted by Crippen LogP contribution is -2.45. The van der Waals surface area contributed by atoms with Crippen LogP contribution in [-0.2, 0) is 21.6 Å². The summed E-state index contributed by atoms with van der Waals surface area (Å²) in [6.07, 6.45) is 0.800. The van der Waals surface area contributed by atoms with Gasteiger partial charge < -0.3 is 18.9 Å². The average molecular weight is 634 g/mol. The first kappa shape index (κ1) is 33.1. The lowest BCUT2D eigenvalue weighted by Gasteiger charge is -2.37. The Hall–Kier alpha value is -5.25. The van der Waals surface area contributed by atoms with Crippen molar-refractivity contribution >= 4 is 5.91 Å². The highest BCUT2D eigenvalue weighted by Gasteiger charge is 2.38. The van der Waals surface area contributed by atoms with Crippen molar-refractivity contribution in [3.8, 4) is 11.5 Å². The number of carbonyl (C=O) groups excluding carboxylic acids is 1. The number of hydrogen-bond donors (Lipinski definition) is 0. The van der Waals surface area contributed by atoms with E-state index in [9.17, 15) is 14.4 Å². The highest BCUT2D eigenvalue weighted by molar-refractivity contribution is 5.95. The van der Waals surface area contributed by atoms with Gasteiger partial charge in [-0.1, -0.05) is 72.8 Å². The van der Waals surface area contributed by atoms with Gasteiger partial charge in [-0.3, -0.25) is 14.2 Å². The molecule has 9 nitrogen and oxygen atoms in total. The van der Waals surface area contributed by atoms with Gasteiger partial charge in [0.1, 0.15) is 17.1 Å². The molecule has 5 aromatic rings. The van der Waals surface area contributed by atoms with Gasteiger partial charge >= 0.3 is 5.69 Å². The Morgan fingerprint density at radius 3 is 1.81 bits per heavy atom. The van der Waals surface area contributed by atoms with Crippen molar-refractivity contribution in [1.82, 2.24) is 9.13 Å². The molecule has 0 spiro atoms. The quantitative estimate of drug-likeness (QED) is 0.163. The molecular weight excluding hydrogens is 596 g/mol. The largest absolute Gasteiger partial charge is 0.497 e. The summed E-state index contributed by atoms with van der Waals surface area (Å²) < 4.78 is 25.7. The lowest BCUT2D eigenvalue weighted by atomic mass is 9.80. The maximum Gasteiger partial charge on any atom is 0.338 e. The maximum absolute atomic E-state index is 13.2. The third-order valence-corrected chi connectivity index (χ3v) is 7.90. The predicted octanol–water partition coefficient (Wildman–Crippen LogP) is 5.25. The minimum absolute atomic E-state index is 0.0814. The molecule has 0 N–H and O–H groups in total. The number of benzene rings is 4. The smallest absolute Gasteiger partial charge is 0.338 e. The van der Waals surface area contributed by atoms with Crippen LogP contribution in [0.1, 0.15) is 32.6 Å². The van der Waals surface area contributed by atoms with Crippen molar-refractivity contribution in [2.45, 2.75) is 25.2 Å². The molecule has 0 aliphatic carbocycles. The summed E-state index contributed by atoms with van der Waals surface area (Å²) in [6, 6.07) is 33.5. The van der Waals surface area contributed by atoms with Crippen LogP contribution in [0, 0.1) is 13.8 Å². The fourth-order valence-electron chi connectivity index (χ4n) is 5.44. The Kier molecular flexibility index (Phi) is 10.5. The van der Waals surface area contributed by atoms with E-state index in [1.807, 2.05) is 78.9 Å². The topological polar surface area (TPSA) is 98.0 Å². The van der Waals surface area contributed by atoms with Crippen molar-refractivity contribution in [1.29, 1.82) is 0 Å². The van der Waals surface area contributed by atoms with Gasteiger partial charge in [0.25, 0.3) is 11.5 Å². The second-order valence-electron chi connectivity index (χ2n) is 10.9. The van der Waals surface area contributed by atoms with Crippen molar-refractivity contribution in [3.05, 3.63) is 171 Å². The van der Waals surface area contributed by atoms with Crippen molar-refractivity contribution in [2.75, 3.05) is 27.4 Å². The van der Waals surface area contributed by atoms with Crippen LogP contribution in [-0.4, -0.2) is 48.6 Å². The van der Waals surface area contributed by atoms with Gasteiger partial charge in [-0.05, 0) is 66.9 Å². The van der Waals surface area contributed by atoms with Crippen LogP contribution in [0.2, 0.25) is 0 Å². The molecule has 0 aliphatic rings. The molecule has 9 heteroatoms. The van der Waals surface area contributed by atoms with Crippen LogP contribution >= 0.6 is 0 Å². The number of aryl methyl sites for hydroxylation is 1. The minimum atomic E-state index is -1.04. The van der Waals surface area contributed by atoms with Crippen LogP contribution in [0.5, 0.6) is 11.5 Å². The summed E-state index contributed by atoms with van der Waals surface area (Å²) in [5, 5.41) is 0. The molecule has 4 aromatic carbocycles. The van der Waals surface area contributed by atoms with Crippen LogP contribution in [0.4, 0.5) is 0 Å². The minimum Gasteiger partial charge on any atom is -0.497 e. The fraction of sp³-hybridized carbons (Fsp3) is 0.211. The highest BCUT2D eigenvalue weighted by Crippen LogP contribution is 2.41. The van der Waals surface area contributed by atoms with E-state index in [0.717, 1.165) is 16.7 Å². The Balaban J connectivity index is 1.39. The van der Waals surface area contributed by atoms with Crippen LogP contribution in [0.3, 0.4) is 0 Å². The Morgan fingerprint density at radius 1 is 0.766 bits per heavy atom. The molecule has 0 saturated heterocycles. The van der Waals surface area contributed by atoms with Gasteiger partial charge in [0.15, 0.2) is 0 Å². The molecule has 0 bridgehead atoms. The average Bonchev–Trinajstić information content (AvgIpc) is 3.12. The van der Waals surface area contributed by atoms with Gasteiger partial charge in [0.05, 0.1) is 40.1 Å². The van der Waals surface area contributed by atoms with E-state index in [4.69, 9.17) is 18.9 Å². The summed E-state index contributed by atoms with van der Waals surface area (Å²) in [4.78, 5) is 39.1. The number of methoxy groups -OCH3 is 2. The van der Waals surface area contributed by atoms with E-state index in [1.54, 1.807) is 51.5 Å². The molecular formula is C38H37N2O7. The van der Waals surface area contributed by atoms with E-state index in [2.05, 4.69) is 6.92 Å². The third kappa shape index (κ3) is 7.11. The van der Waals surface area contributed by atoms with Crippen molar-refractivity contribution < 1.29 is 23.7 Å². The molecule has 1 radical (unpaired) electrons. The monoisotopic (exact) mass is 633 g/mol. The summed E-state index contributed by atoms with van der Waals surface area (Å²) in [5.74, 6) is 0.744. The molecule has 47 heavy (non-hydrogen) atoms. The first-order valence-corrected chi connectivity index (χ1v) is 15.1. The number of ether oxygens (including phenoxy) is 4. The molecule has 1 aromatic heterocycles. The number of nitrogens with zero attached hydrogens (tertiary/aromatic N) is 2. The number of rotatable bonds is 13. The fourth-order valence-corrected chi connectivity index (χ4v) is 5.44. The van der Waals surface area contributed by atoms with Crippen molar-refractivity contribution in [2.24, 2.45) is 0 Å². The first-order valence-electron chi connectivity index (χ1n) is 15.1. The zero-order valence-corrected chi connectivity index (χ0v) is 26.6.